The number of ether oxygens (including phenoxy) is 2. The van der Waals surface area contributed by atoms with Gasteiger partial charge in [-0.1, -0.05) is 6.42 Å². The van der Waals surface area contributed by atoms with Crippen LogP contribution in [0.2, 0.25) is 0 Å². The number of hydrogen-bond acceptors (Lipinski definition) is 5. The summed E-state index contributed by atoms with van der Waals surface area (Å²) >= 11 is 0. The van der Waals surface area contributed by atoms with Gasteiger partial charge >= 0.3 is 0 Å². The van der Waals surface area contributed by atoms with Gasteiger partial charge in [0.05, 0.1) is 19.7 Å². The SMILES string of the molecule is C#CCCN1CCC(Nc2c3c(nc4cc(OC)c(OC)cc24)CCCCC3)CC1. The van der Waals surface area contributed by atoms with Crippen molar-refractivity contribution in [1.29, 1.82) is 0 Å². The van der Waals surface area contributed by atoms with Gasteiger partial charge in [0, 0.05) is 54.9 Å². The van der Waals surface area contributed by atoms with E-state index in [0.29, 0.717) is 6.04 Å². The standard InChI is InChI=1S/C25H33N3O2/c1-4-5-13-28-14-11-18(12-15-28)26-25-19-9-7-6-8-10-21(19)27-22-17-24(30-3)23(29-2)16-20(22)25/h1,16-18H,5-15H2,2-3H3,(H,26,27). The number of aromatic nitrogens is 1. The molecule has 2 aliphatic rings. The third-order valence-electron chi connectivity index (χ3n) is 6.53. The molecule has 0 bridgehead atoms. The Hall–Kier alpha value is -2.45. The highest BCUT2D eigenvalue weighted by Gasteiger charge is 2.24. The molecule has 0 spiro atoms. The van der Waals surface area contributed by atoms with Crippen LogP contribution in [0, 0.1) is 12.3 Å². The summed E-state index contributed by atoms with van der Waals surface area (Å²) in [5, 5.41) is 5.08. The van der Waals surface area contributed by atoms with Crippen LogP contribution in [-0.4, -0.2) is 49.8 Å². The summed E-state index contributed by atoms with van der Waals surface area (Å²) in [7, 11) is 3.37. The fourth-order valence-corrected chi connectivity index (χ4v) is 4.82. The third kappa shape index (κ3) is 4.34. The fraction of sp³-hybridized carbons (Fsp3) is 0.560. The van der Waals surface area contributed by atoms with Crippen LogP contribution in [0.1, 0.15) is 49.8 Å². The zero-order valence-electron chi connectivity index (χ0n) is 18.3. The molecule has 4 rings (SSSR count). The Kier molecular flexibility index (Phi) is 6.64. The second-order valence-electron chi connectivity index (χ2n) is 8.41. The van der Waals surface area contributed by atoms with Crippen LogP contribution in [0.15, 0.2) is 12.1 Å². The number of terminal acetylenes is 1. The highest BCUT2D eigenvalue weighted by atomic mass is 16.5. The van der Waals surface area contributed by atoms with Gasteiger partial charge in [0.25, 0.3) is 0 Å². The van der Waals surface area contributed by atoms with E-state index in [4.69, 9.17) is 20.9 Å². The summed E-state index contributed by atoms with van der Waals surface area (Å²) < 4.78 is 11.1. The van der Waals surface area contributed by atoms with Crippen LogP contribution >= 0.6 is 0 Å². The molecule has 0 atom stereocenters. The molecule has 0 unspecified atom stereocenters. The van der Waals surface area contributed by atoms with E-state index in [-0.39, 0.29) is 0 Å². The lowest BCUT2D eigenvalue weighted by atomic mass is 9.98. The topological polar surface area (TPSA) is 46.6 Å². The van der Waals surface area contributed by atoms with E-state index in [9.17, 15) is 0 Å². The first-order valence-corrected chi connectivity index (χ1v) is 11.2. The van der Waals surface area contributed by atoms with Gasteiger partial charge in [-0.15, -0.1) is 12.3 Å². The normalized spacial score (nSPS) is 17.8. The van der Waals surface area contributed by atoms with E-state index in [0.717, 1.165) is 74.1 Å². The number of hydrogen-bond donors (Lipinski definition) is 1. The molecule has 1 aromatic heterocycles. The van der Waals surface area contributed by atoms with Crippen LogP contribution in [0.25, 0.3) is 10.9 Å². The fourth-order valence-electron chi connectivity index (χ4n) is 4.82. The lowest BCUT2D eigenvalue weighted by molar-refractivity contribution is 0.224. The maximum absolute atomic E-state index is 5.61. The van der Waals surface area contributed by atoms with Crippen molar-refractivity contribution >= 4 is 16.6 Å². The number of nitrogens with one attached hydrogen (secondary N) is 1. The molecule has 0 amide bonds. The summed E-state index contributed by atoms with van der Waals surface area (Å²) in [5.41, 5.74) is 4.91. The molecule has 1 fully saturated rings. The van der Waals surface area contributed by atoms with E-state index in [1.807, 2.05) is 6.07 Å². The molecule has 0 saturated carbocycles. The number of likely N-dealkylation sites (tertiary alicyclic amines) is 1. The number of aryl methyl sites for hydroxylation is 1. The van der Waals surface area contributed by atoms with Gasteiger partial charge in [-0.2, -0.15) is 0 Å². The molecule has 2 aromatic rings. The first-order chi connectivity index (χ1) is 14.7. The summed E-state index contributed by atoms with van der Waals surface area (Å²) in [6.45, 7) is 3.21. The molecule has 5 nitrogen and oxygen atoms in total. The summed E-state index contributed by atoms with van der Waals surface area (Å²) in [5.74, 6) is 4.25. The lowest BCUT2D eigenvalue weighted by Gasteiger charge is -2.33. The second-order valence-corrected chi connectivity index (χ2v) is 8.41. The minimum Gasteiger partial charge on any atom is -0.493 e. The van der Waals surface area contributed by atoms with Crippen molar-refractivity contribution < 1.29 is 9.47 Å². The monoisotopic (exact) mass is 407 g/mol. The number of methoxy groups -OCH3 is 2. The van der Waals surface area contributed by atoms with Gasteiger partial charge in [-0.3, -0.25) is 4.98 Å². The smallest absolute Gasteiger partial charge is 0.162 e. The number of nitrogens with zero attached hydrogens (tertiary/aromatic N) is 2. The van der Waals surface area contributed by atoms with Crippen molar-refractivity contribution in [1.82, 2.24) is 9.88 Å². The van der Waals surface area contributed by atoms with Crippen molar-refractivity contribution in [2.45, 2.75) is 57.4 Å². The van der Waals surface area contributed by atoms with Crippen molar-refractivity contribution in [3.63, 3.8) is 0 Å². The largest absolute Gasteiger partial charge is 0.493 e. The molecule has 1 aromatic carbocycles. The van der Waals surface area contributed by atoms with E-state index in [1.54, 1.807) is 14.2 Å². The maximum atomic E-state index is 5.61. The zero-order chi connectivity index (χ0) is 20.9. The van der Waals surface area contributed by atoms with E-state index < -0.39 is 0 Å². The third-order valence-corrected chi connectivity index (χ3v) is 6.53. The summed E-state index contributed by atoms with van der Waals surface area (Å²) in [6.07, 6.45) is 14.4. The predicted molar refractivity (Wildman–Crippen MR) is 123 cm³/mol. The van der Waals surface area contributed by atoms with Crippen molar-refractivity contribution in [2.75, 3.05) is 39.2 Å². The molecular formula is C25H33N3O2. The van der Waals surface area contributed by atoms with Crippen LogP contribution < -0.4 is 14.8 Å². The highest BCUT2D eigenvalue weighted by molar-refractivity contribution is 5.96. The average Bonchev–Trinajstić information content (AvgIpc) is 3.03. The highest BCUT2D eigenvalue weighted by Crippen LogP contribution is 2.39. The van der Waals surface area contributed by atoms with E-state index in [2.05, 4.69) is 22.2 Å². The molecule has 1 aliphatic carbocycles. The molecule has 5 heteroatoms. The van der Waals surface area contributed by atoms with Crippen LogP contribution in [0.5, 0.6) is 11.5 Å². The van der Waals surface area contributed by atoms with Crippen molar-refractivity contribution in [2.24, 2.45) is 0 Å². The minimum atomic E-state index is 0.470. The molecular weight excluding hydrogens is 374 g/mol. The van der Waals surface area contributed by atoms with Gasteiger partial charge in [0.15, 0.2) is 11.5 Å². The molecule has 1 N–H and O–H groups in total. The Balaban J connectivity index is 1.68. The van der Waals surface area contributed by atoms with Crippen molar-refractivity contribution in [3.05, 3.63) is 23.4 Å². The summed E-state index contributed by atoms with van der Waals surface area (Å²) in [4.78, 5) is 7.54. The average molecular weight is 408 g/mol. The van der Waals surface area contributed by atoms with Gasteiger partial charge in [0.2, 0.25) is 0 Å². The van der Waals surface area contributed by atoms with Gasteiger partial charge in [-0.25, -0.2) is 0 Å². The maximum Gasteiger partial charge on any atom is 0.162 e. The molecule has 30 heavy (non-hydrogen) atoms. The Labute approximate surface area is 180 Å². The Morgan fingerprint density at radius 3 is 2.57 bits per heavy atom. The first-order valence-electron chi connectivity index (χ1n) is 11.2. The number of anilines is 1. The van der Waals surface area contributed by atoms with Crippen LogP contribution in [-0.2, 0) is 12.8 Å². The van der Waals surface area contributed by atoms with Crippen molar-refractivity contribution in [3.8, 4) is 23.8 Å². The summed E-state index contributed by atoms with van der Waals surface area (Å²) in [6, 6.07) is 4.59. The first kappa shape index (κ1) is 20.8. The van der Waals surface area contributed by atoms with Gasteiger partial charge in [-0.05, 0) is 50.2 Å². The Morgan fingerprint density at radius 2 is 1.83 bits per heavy atom. The van der Waals surface area contributed by atoms with Crippen LogP contribution in [0.3, 0.4) is 0 Å². The lowest BCUT2D eigenvalue weighted by Crippen LogP contribution is -2.39. The minimum absolute atomic E-state index is 0.470. The Bertz CT molecular complexity index is 926. The molecule has 160 valence electrons. The zero-order valence-corrected chi connectivity index (χ0v) is 18.3. The number of pyridine rings is 1. The number of piperidine rings is 1. The molecule has 1 aliphatic heterocycles. The predicted octanol–water partition coefficient (Wildman–Crippen LogP) is 4.42. The Morgan fingerprint density at radius 1 is 1.10 bits per heavy atom. The quantitative estimate of drug-likeness (QED) is 0.567. The number of rotatable bonds is 6. The molecule has 0 radical (unpaired) electrons. The number of benzene rings is 1. The van der Waals surface area contributed by atoms with Gasteiger partial charge < -0.3 is 19.7 Å². The van der Waals surface area contributed by atoms with Crippen LogP contribution in [0.4, 0.5) is 5.69 Å². The molecule has 2 heterocycles. The van der Waals surface area contributed by atoms with E-state index >= 15 is 0 Å². The molecule has 1 saturated heterocycles. The second kappa shape index (κ2) is 9.57. The number of fused-ring (bicyclic) bond motifs is 2. The van der Waals surface area contributed by atoms with Gasteiger partial charge in [0.1, 0.15) is 0 Å². The van der Waals surface area contributed by atoms with E-state index in [1.165, 1.54) is 36.2 Å².